The molecule has 18 heavy (non-hydrogen) atoms. The van der Waals surface area contributed by atoms with Gasteiger partial charge in [-0.1, -0.05) is 0 Å². The van der Waals surface area contributed by atoms with E-state index in [1.807, 2.05) is 33.9 Å². The van der Waals surface area contributed by atoms with Gasteiger partial charge in [-0.05, 0) is 26.8 Å². The highest BCUT2D eigenvalue weighted by molar-refractivity contribution is 7.15. The maximum Gasteiger partial charge on any atom is 0.185 e. The Hall–Kier alpha value is -1.33. The minimum Gasteiger partial charge on any atom is -0.469 e. The SMILES string of the molecule is Cc1nc(N(C)Cc2ccoc2C)sc1C(C)N. The molecule has 4 nitrogen and oxygen atoms in total. The first-order valence-electron chi connectivity index (χ1n) is 5.96. The lowest BCUT2D eigenvalue weighted by Gasteiger charge is -2.14. The van der Waals surface area contributed by atoms with Gasteiger partial charge >= 0.3 is 0 Å². The van der Waals surface area contributed by atoms with Gasteiger partial charge in [0.25, 0.3) is 0 Å². The van der Waals surface area contributed by atoms with E-state index in [1.54, 1.807) is 17.6 Å². The number of thiazole rings is 1. The average molecular weight is 265 g/mol. The van der Waals surface area contributed by atoms with Gasteiger partial charge in [-0.3, -0.25) is 0 Å². The molecule has 0 saturated heterocycles. The lowest BCUT2D eigenvalue weighted by molar-refractivity contribution is 0.529. The van der Waals surface area contributed by atoms with E-state index in [0.717, 1.165) is 28.0 Å². The molecule has 2 heterocycles. The van der Waals surface area contributed by atoms with Crippen molar-refractivity contribution < 1.29 is 4.42 Å². The van der Waals surface area contributed by atoms with E-state index in [-0.39, 0.29) is 6.04 Å². The molecule has 98 valence electrons. The highest BCUT2D eigenvalue weighted by Crippen LogP contribution is 2.30. The number of rotatable bonds is 4. The largest absolute Gasteiger partial charge is 0.469 e. The molecule has 0 radical (unpaired) electrons. The van der Waals surface area contributed by atoms with Crippen molar-refractivity contribution in [2.24, 2.45) is 5.73 Å². The third-order valence-corrected chi connectivity index (χ3v) is 4.41. The maximum atomic E-state index is 5.93. The number of hydrogen-bond acceptors (Lipinski definition) is 5. The van der Waals surface area contributed by atoms with Gasteiger partial charge in [0.15, 0.2) is 5.13 Å². The fourth-order valence-corrected chi connectivity index (χ4v) is 2.86. The molecule has 0 amide bonds. The second-order valence-corrected chi connectivity index (χ2v) is 5.60. The summed E-state index contributed by atoms with van der Waals surface area (Å²) in [7, 11) is 2.04. The van der Waals surface area contributed by atoms with E-state index in [1.165, 1.54) is 5.56 Å². The number of nitrogens with zero attached hydrogens (tertiary/aromatic N) is 2. The summed E-state index contributed by atoms with van der Waals surface area (Å²) < 4.78 is 5.30. The number of anilines is 1. The number of furan rings is 1. The predicted molar refractivity (Wildman–Crippen MR) is 75.0 cm³/mol. The fourth-order valence-electron chi connectivity index (χ4n) is 1.88. The van der Waals surface area contributed by atoms with E-state index < -0.39 is 0 Å². The van der Waals surface area contributed by atoms with Gasteiger partial charge in [0.2, 0.25) is 0 Å². The number of aryl methyl sites for hydroxylation is 2. The molecule has 0 fully saturated rings. The fraction of sp³-hybridized carbons (Fsp3) is 0.462. The van der Waals surface area contributed by atoms with Crippen LogP contribution in [0.15, 0.2) is 16.7 Å². The van der Waals surface area contributed by atoms with E-state index in [9.17, 15) is 0 Å². The Morgan fingerprint density at radius 1 is 1.50 bits per heavy atom. The van der Waals surface area contributed by atoms with E-state index in [0.29, 0.717) is 0 Å². The molecule has 1 unspecified atom stereocenters. The standard InChI is InChI=1S/C13H19N3OS/c1-8(14)12-9(2)15-13(18-12)16(4)7-11-5-6-17-10(11)3/h5-6,8H,7,14H2,1-4H3. The molecule has 0 aliphatic rings. The third-order valence-electron chi connectivity index (χ3n) is 2.94. The van der Waals surface area contributed by atoms with Gasteiger partial charge in [0.1, 0.15) is 5.76 Å². The van der Waals surface area contributed by atoms with Crippen LogP contribution in [0.4, 0.5) is 5.13 Å². The summed E-state index contributed by atoms with van der Waals surface area (Å²) in [5, 5.41) is 1.00. The second kappa shape index (κ2) is 5.12. The molecule has 0 aromatic carbocycles. The minimum absolute atomic E-state index is 0.0420. The summed E-state index contributed by atoms with van der Waals surface area (Å²) in [6.45, 7) is 6.78. The molecule has 5 heteroatoms. The van der Waals surface area contributed by atoms with Crippen molar-refractivity contribution in [2.45, 2.75) is 33.4 Å². The van der Waals surface area contributed by atoms with Crippen LogP contribution in [0.5, 0.6) is 0 Å². The van der Waals surface area contributed by atoms with Gasteiger partial charge < -0.3 is 15.1 Å². The summed E-state index contributed by atoms with van der Waals surface area (Å²) in [4.78, 5) is 7.86. The Morgan fingerprint density at radius 2 is 2.22 bits per heavy atom. The molecule has 0 bridgehead atoms. The highest BCUT2D eigenvalue weighted by Gasteiger charge is 2.15. The third kappa shape index (κ3) is 2.57. The van der Waals surface area contributed by atoms with Crippen LogP contribution in [-0.2, 0) is 6.54 Å². The normalized spacial score (nSPS) is 12.7. The van der Waals surface area contributed by atoms with E-state index in [4.69, 9.17) is 10.2 Å². The first-order valence-corrected chi connectivity index (χ1v) is 6.77. The monoisotopic (exact) mass is 265 g/mol. The maximum absolute atomic E-state index is 5.93. The topological polar surface area (TPSA) is 55.3 Å². The van der Waals surface area contributed by atoms with Crippen LogP contribution >= 0.6 is 11.3 Å². The summed E-state index contributed by atoms with van der Waals surface area (Å²) >= 11 is 1.66. The molecule has 1 atom stereocenters. The molecular weight excluding hydrogens is 246 g/mol. The predicted octanol–water partition coefficient (Wildman–Crippen LogP) is 3.01. The van der Waals surface area contributed by atoms with Crippen LogP contribution < -0.4 is 10.6 Å². The van der Waals surface area contributed by atoms with Crippen molar-refractivity contribution in [1.29, 1.82) is 0 Å². The zero-order chi connectivity index (χ0) is 13.3. The van der Waals surface area contributed by atoms with Crippen LogP contribution in [0.25, 0.3) is 0 Å². The zero-order valence-corrected chi connectivity index (χ0v) is 12.0. The summed E-state index contributed by atoms with van der Waals surface area (Å²) in [6.07, 6.45) is 1.72. The van der Waals surface area contributed by atoms with E-state index in [2.05, 4.69) is 9.88 Å². The van der Waals surface area contributed by atoms with Crippen LogP contribution in [0.1, 0.15) is 34.9 Å². The van der Waals surface area contributed by atoms with E-state index >= 15 is 0 Å². The van der Waals surface area contributed by atoms with Gasteiger partial charge in [-0.25, -0.2) is 4.98 Å². The van der Waals surface area contributed by atoms with Crippen LogP contribution in [0, 0.1) is 13.8 Å². The molecule has 2 aromatic rings. The van der Waals surface area contributed by atoms with Crippen LogP contribution in [0.2, 0.25) is 0 Å². The van der Waals surface area contributed by atoms with Crippen LogP contribution in [0.3, 0.4) is 0 Å². The molecule has 0 spiro atoms. The van der Waals surface area contributed by atoms with Crippen LogP contribution in [-0.4, -0.2) is 12.0 Å². The smallest absolute Gasteiger partial charge is 0.185 e. The first-order chi connectivity index (χ1) is 8.49. The average Bonchev–Trinajstić information content (AvgIpc) is 2.86. The number of hydrogen-bond donors (Lipinski definition) is 1. The number of aromatic nitrogens is 1. The molecule has 2 aromatic heterocycles. The summed E-state index contributed by atoms with van der Waals surface area (Å²) in [5.41, 5.74) is 8.14. The Bertz CT molecular complexity index is 530. The summed E-state index contributed by atoms with van der Waals surface area (Å²) in [6, 6.07) is 2.04. The van der Waals surface area contributed by atoms with Gasteiger partial charge in [0, 0.05) is 30.1 Å². The second-order valence-electron chi connectivity index (χ2n) is 4.59. The van der Waals surface area contributed by atoms with Crippen molar-refractivity contribution >= 4 is 16.5 Å². The zero-order valence-electron chi connectivity index (χ0n) is 11.2. The Balaban J connectivity index is 2.16. The summed E-state index contributed by atoms with van der Waals surface area (Å²) in [5.74, 6) is 0.961. The first kappa shape index (κ1) is 13.1. The lowest BCUT2D eigenvalue weighted by atomic mass is 10.2. The molecule has 0 aliphatic heterocycles. The number of nitrogens with two attached hydrogens (primary N) is 1. The molecular formula is C13H19N3OS. The van der Waals surface area contributed by atoms with Gasteiger partial charge in [-0.2, -0.15) is 0 Å². The van der Waals surface area contributed by atoms with Crippen molar-refractivity contribution in [3.8, 4) is 0 Å². The van der Waals surface area contributed by atoms with Crippen molar-refractivity contribution in [3.05, 3.63) is 34.2 Å². The van der Waals surface area contributed by atoms with Gasteiger partial charge in [-0.15, -0.1) is 11.3 Å². The quantitative estimate of drug-likeness (QED) is 0.923. The van der Waals surface area contributed by atoms with Crippen molar-refractivity contribution in [3.63, 3.8) is 0 Å². The van der Waals surface area contributed by atoms with Crippen molar-refractivity contribution in [2.75, 3.05) is 11.9 Å². The minimum atomic E-state index is 0.0420. The Kier molecular flexibility index (Phi) is 3.73. The Labute approximate surface area is 111 Å². The van der Waals surface area contributed by atoms with Crippen molar-refractivity contribution in [1.82, 2.24) is 4.98 Å². The van der Waals surface area contributed by atoms with Gasteiger partial charge in [0.05, 0.1) is 12.0 Å². The lowest BCUT2D eigenvalue weighted by Crippen LogP contribution is -2.16. The molecule has 2 rings (SSSR count). The Morgan fingerprint density at radius 3 is 2.72 bits per heavy atom. The highest BCUT2D eigenvalue weighted by atomic mass is 32.1. The molecule has 2 N–H and O–H groups in total. The molecule has 0 saturated carbocycles. The molecule has 0 aliphatic carbocycles.